The Bertz CT molecular complexity index is 959. The zero-order chi connectivity index (χ0) is 18.6. The first-order valence-corrected chi connectivity index (χ1v) is 9.02. The third-order valence-corrected chi connectivity index (χ3v) is 4.71. The average Bonchev–Trinajstić information content (AvgIpc) is 2.73. The second kappa shape index (κ2) is 7.57. The normalized spacial score (nSPS) is 16.9. The van der Waals surface area contributed by atoms with Gasteiger partial charge in [-0.15, -0.1) is 0 Å². The van der Waals surface area contributed by atoms with Crippen molar-refractivity contribution >= 4 is 5.69 Å². The number of hydrogen-bond donors (Lipinski definition) is 0. The summed E-state index contributed by atoms with van der Waals surface area (Å²) in [5.41, 5.74) is 2.10. The first kappa shape index (κ1) is 17.2. The summed E-state index contributed by atoms with van der Waals surface area (Å²) in [6.45, 7) is 1.76. The summed E-state index contributed by atoms with van der Waals surface area (Å²) in [5, 5.41) is 0. The lowest BCUT2D eigenvalue weighted by atomic mass is 10.1. The molecule has 1 fully saturated rings. The summed E-state index contributed by atoms with van der Waals surface area (Å²) in [4.78, 5) is 27.3. The Labute approximate surface area is 157 Å². The van der Waals surface area contributed by atoms with Crippen molar-refractivity contribution in [3.63, 3.8) is 0 Å². The van der Waals surface area contributed by atoms with Crippen LogP contribution in [0.15, 0.2) is 59.8 Å². The van der Waals surface area contributed by atoms with Crippen LogP contribution in [0, 0.1) is 0 Å². The lowest BCUT2D eigenvalue weighted by Gasteiger charge is -2.34. The number of para-hydroxylation sites is 1. The highest BCUT2D eigenvalue weighted by Gasteiger charge is 2.23. The molecule has 27 heavy (non-hydrogen) atoms. The van der Waals surface area contributed by atoms with Gasteiger partial charge in [-0.25, -0.2) is 9.97 Å². The molecule has 0 aliphatic carbocycles. The van der Waals surface area contributed by atoms with Crippen molar-refractivity contribution in [3.8, 4) is 17.4 Å². The van der Waals surface area contributed by atoms with Crippen LogP contribution in [0.3, 0.4) is 0 Å². The summed E-state index contributed by atoms with van der Waals surface area (Å²) >= 11 is 0. The van der Waals surface area contributed by atoms with Crippen molar-refractivity contribution in [3.05, 3.63) is 65.3 Å². The van der Waals surface area contributed by atoms with Gasteiger partial charge in [0.15, 0.2) is 0 Å². The minimum atomic E-state index is -0.177. The maximum atomic E-state index is 12.4. The molecule has 7 nitrogen and oxygen atoms in total. The van der Waals surface area contributed by atoms with Crippen LogP contribution >= 0.6 is 0 Å². The minimum Gasteiger partial charge on any atom is -0.459 e. The third kappa shape index (κ3) is 3.81. The molecule has 0 radical (unpaired) electrons. The van der Waals surface area contributed by atoms with Crippen molar-refractivity contribution in [1.29, 1.82) is 0 Å². The van der Waals surface area contributed by atoms with Crippen molar-refractivity contribution in [2.24, 2.45) is 7.05 Å². The molecule has 7 heteroatoms. The Balaban J connectivity index is 1.57. The van der Waals surface area contributed by atoms with Gasteiger partial charge in [0.25, 0.3) is 11.6 Å². The van der Waals surface area contributed by atoms with Crippen molar-refractivity contribution in [1.82, 2.24) is 19.5 Å². The van der Waals surface area contributed by atoms with E-state index in [9.17, 15) is 4.79 Å². The number of benzene rings is 1. The van der Waals surface area contributed by atoms with Crippen molar-refractivity contribution in [2.75, 3.05) is 18.0 Å². The van der Waals surface area contributed by atoms with E-state index in [1.165, 1.54) is 22.6 Å². The Morgan fingerprint density at radius 1 is 1.15 bits per heavy atom. The molecule has 138 valence electrons. The molecule has 1 aliphatic heterocycles. The van der Waals surface area contributed by atoms with E-state index in [1.54, 1.807) is 19.3 Å². The minimum absolute atomic E-state index is 0.0299. The Hall–Kier alpha value is -3.22. The van der Waals surface area contributed by atoms with Gasteiger partial charge in [0.1, 0.15) is 12.4 Å². The van der Waals surface area contributed by atoms with Crippen molar-refractivity contribution in [2.45, 2.75) is 18.9 Å². The molecular weight excluding hydrogens is 342 g/mol. The number of rotatable bonds is 4. The molecule has 0 saturated carbocycles. The fourth-order valence-electron chi connectivity index (χ4n) is 3.25. The fraction of sp³-hybridized carbons (Fsp3) is 0.300. The molecule has 0 spiro atoms. The third-order valence-electron chi connectivity index (χ3n) is 4.71. The van der Waals surface area contributed by atoms with Crippen molar-refractivity contribution < 1.29 is 4.74 Å². The van der Waals surface area contributed by atoms with Gasteiger partial charge in [-0.05, 0) is 31.0 Å². The maximum Gasteiger partial charge on any atom is 0.299 e. The SMILES string of the molecule is Cn1c(OC2CCCN(c3ccccc3)C2)nc(-c2ccncn2)cc1=O. The molecule has 1 aromatic carbocycles. The lowest BCUT2D eigenvalue weighted by Crippen LogP contribution is -2.42. The molecule has 1 atom stereocenters. The first-order valence-electron chi connectivity index (χ1n) is 9.02. The van der Waals surface area contributed by atoms with Crippen LogP contribution < -0.4 is 15.2 Å². The highest BCUT2D eigenvalue weighted by Crippen LogP contribution is 2.22. The quantitative estimate of drug-likeness (QED) is 0.708. The van der Waals surface area contributed by atoms with Gasteiger partial charge in [-0.1, -0.05) is 18.2 Å². The van der Waals surface area contributed by atoms with E-state index < -0.39 is 0 Å². The van der Waals surface area contributed by atoms with Gasteiger partial charge in [0, 0.05) is 31.5 Å². The number of ether oxygens (including phenoxy) is 1. The molecule has 1 aliphatic rings. The molecule has 0 N–H and O–H groups in total. The Morgan fingerprint density at radius 3 is 2.78 bits per heavy atom. The number of hydrogen-bond acceptors (Lipinski definition) is 6. The second-order valence-corrected chi connectivity index (χ2v) is 6.58. The standard InChI is InChI=1S/C20H21N5O2/c1-24-19(26)12-18(17-9-10-21-14-22-17)23-20(24)27-16-8-5-11-25(13-16)15-6-3-2-4-7-15/h2-4,6-7,9-10,12,14,16H,5,8,11,13H2,1H3. The summed E-state index contributed by atoms with van der Waals surface area (Å²) in [5.74, 6) is 0. The zero-order valence-electron chi connectivity index (χ0n) is 15.2. The zero-order valence-corrected chi connectivity index (χ0v) is 15.2. The van der Waals surface area contributed by atoms with Gasteiger partial charge in [-0.3, -0.25) is 9.36 Å². The topological polar surface area (TPSA) is 73.1 Å². The highest BCUT2D eigenvalue weighted by molar-refractivity contribution is 5.52. The molecule has 1 unspecified atom stereocenters. The number of aromatic nitrogens is 4. The van der Waals surface area contributed by atoms with E-state index in [2.05, 4.69) is 32.0 Å². The van der Waals surface area contributed by atoms with Crippen LogP contribution in [0.2, 0.25) is 0 Å². The van der Waals surface area contributed by atoms with E-state index in [4.69, 9.17) is 4.74 Å². The molecule has 0 amide bonds. The maximum absolute atomic E-state index is 12.4. The monoisotopic (exact) mass is 363 g/mol. The first-order chi connectivity index (χ1) is 13.2. The summed E-state index contributed by atoms with van der Waals surface area (Å²) in [6, 6.07) is 13.8. The van der Waals surface area contributed by atoms with Crippen LogP contribution in [0.5, 0.6) is 6.01 Å². The summed E-state index contributed by atoms with van der Waals surface area (Å²) in [7, 11) is 1.67. The highest BCUT2D eigenvalue weighted by atomic mass is 16.5. The number of nitrogens with zero attached hydrogens (tertiary/aromatic N) is 5. The van der Waals surface area contributed by atoms with Gasteiger partial charge < -0.3 is 9.64 Å². The van der Waals surface area contributed by atoms with Gasteiger partial charge in [0.05, 0.1) is 17.9 Å². The Morgan fingerprint density at radius 2 is 2.00 bits per heavy atom. The molecule has 3 aromatic rings. The molecule has 4 rings (SSSR count). The van der Waals surface area contributed by atoms with E-state index in [-0.39, 0.29) is 11.7 Å². The predicted molar refractivity (Wildman–Crippen MR) is 103 cm³/mol. The molecular formula is C20H21N5O2. The predicted octanol–water partition coefficient (Wildman–Crippen LogP) is 2.29. The van der Waals surface area contributed by atoms with Crippen LogP contribution in [0.1, 0.15) is 12.8 Å². The largest absolute Gasteiger partial charge is 0.459 e. The average molecular weight is 363 g/mol. The summed E-state index contributed by atoms with van der Waals surface area (Å²) in [6.07, 6.45) is 4.99. The molecule has 2 aromatic heterocycles. The van der Waals surface area contributed by atoms with Crippen LogP contribution in [0.4, 0.5) is 5.69 Å². The van der Waals surface area contributed by atoms with E-state index in [0.29, 0.717) is 17.4 Å². The van der Waals surface area contributed by atoms with Crippen LogP contribution in [0.25, 0.3) is 11.4 Å². The fourth-order valence-corrected chi connectivity index (χ4v) is 3.25. The van der Waals surface area contributed by atoms with Gasteiger partial charge in [-0.2, -0.15) is 4.98 Å². The number of anilines is 1. The van der Waals surface area contributed by atoms with E-state index in [0.717, 1.165) is 25.9 Å². The molecule has 3 heterocycles. The van der Waals surface area contributed by atoms with Gasteiger partial charge >= 0.3 is 0 Å². The Kier molecular flexibility index (Phi) is 4.82. The van der Waals surface area contributed by atoms with Crippen LogP contribution in [-0.4, -0.2) is 38.7 Å². The summed E-state index contributed by atoms with van der Waals surface area (Å²) < 4.78 is 7.58. The smallest absolute Gasteiger partial charge is 0.299 e. The van der Waals surface area contributed by atoms with E-state index in [1.807, 2.05) is 18.2 Å². The second-order valence-electron chi connectivity index (χ2n) is 6.58. The van der Waals surface area contributed by atoms with E-state index >= 15 is 0 Å². The molecule has 1 saturated heterocycles. The molecule has 0 bridgehead atoms. The lowest BCUT2D eigenvalue weighted by molar-refractivity contribution is 0.157. The van der Waals surface area contributed by atoms with Crippen LogP contribution in [-0.2, 0) is 7.05 Å². The number of piperidine rings is 1. The van der Waals surface area contributed by atoms with Gasteiger partial charge in [0.2, 0.25) is 0 Å².